The van der Waals surface area contributed by atoms with Crippen LogP contribution in [0, 0.1) is 19.8 Å². The molecule has 0 aliphatic carbocycles. The molecule has 1 N–H and O–H groups in total. The van der Waals surface area contributed by atoms with Gasteiger partial charge in [0.25, 0.3) is 5.91 Å². The van der Waals surface area contributed by atoms with Crippen molar-refractivity contribution in [3.63, 3.8) is 0 Å². The van der Waals surface area contributed by atoms with Crippen molar-refractivity contribution in [1.82, 2.24) is 5.32 Å². The highest BCUT2D eigenvalue weighted by molar-refractivity contribution is 6.21. The van der Waals surface area contributed by atoms with Crippen LogP contribution in [0.4, 0.5) is 0 Å². The maximum absolute atomic E-state index is 11.9. The van der Waals surface area contributed by atoms with Crippen molar-refractivity contribution < 1.29 is 4.79 Å². The van der Waals surface area contributed by atoms with Crippen LogP contribution < -0.4 is 5.32 Å². The molecule has 0 spiro atoms. The van der Waals surface area contributed by atoms with Gasteiger partial charge in [0.1, 0.15) is 0 Å². The maximum Gasteiger partial charge on any atom is 0.251 e. The predicted octanol–water partition coefficient (Wildman–Crippen LogP) is 3.30. The second-order valence-electron chi connectivity index (χ2n) is 4.77. The summed E-state index contributed by atoms with van der Waals surface area (Å²) in [6.45, 7) is 8.62. The van der Waals surface area contributed by atoms with E-state index in [9.17, 15) is 4.79 Å². The molecule has 0 aromatic heterocycles. The van der Waals surface area contributed by atoms with Crippen molar-refractivity contribution >= 4 is 17.5 Å². The van der Waals surface area contributed by atoms with Gasteiger partial charge in [-0.25, -0.2) is 0 Å². The largest absolute Gasteiger partial charge is 0.351 e. The molecule has 0 radical (unpaired) electrons. The van der Waals surface area contributed by atoms with Crippen molar-refractivity contribution in [2.75, 3.05) is 6.54 Å². The van der Waals surface area contributed by atoms with Crippen LogP contribution in [0.5, 0.6) is 0 Å². The molecule has 1 unspecified atom stereocenters. The van der Waals surface area contributed by atoms with Crippen LogP contribution in [0.1, 0.15) is 35.3 Å². The maximum atomic E-state index is 11.9. The van der Waals surface area contributed by atoms with Crippen molar-refractivity contribution in [3.05, 3.63) is 34.9 Å². The average molecular weight is 254 g/mol. The molecule has 0 heterocycles. The number of rotatable bonds is 4. The number of benzene rings is 1. The van der Waals surface area contributed by atoms with Crippen molar-refractivity contribution in [2.24, 2.45) is 5.92 Å². The molecule has 94 valence electrons. The lowest BCUT2D eigenvalue weighted by Gasteiger charge is -2.14. The van der Waals surface area contributed by atoms with Crippen molar-refractivity contribution in [1.29, 1.82) is 0 Å². The Morgan fingerprint density at radius 2 is 1.94 bits per heavy atom. The third-order valence-corrected chi connectivity index (χ3v) is 3.61. The van der Waals surface area contributed by atoms with Crippen LogP contribution in [0.3, 0.4) is 0 Å². The minimum absolute atomic E-state index is 0.0227. The van der Waals surface area contributed by atoms with E-state index in [-0.39, 0.29) is 11.3 Å². The molecular weight excluding hydrogens is 234 g/mol. The lowest BCUT2D eigenvalue weighted by molar-refractivity contribution is 0.0952. The number of aryl methyl sites for hydroxylation is 2. The van der Waals surface area contributed by atoms with Gasteiger partial charge in [-0.1, -0.05) is 19.9 Å². The lowest BCUT2D eigenvalue weighted by Crippen LogP contribution is -2.32. The van der Waals surface area contributed by atoms with E-state index in [1.807, 2.05) is 45.9 Å². The average Bonchev–Trinajstić information content (AvgIpc) is 2.28. The number of hydrogen-bond donors (Lipinski definition) is 1. The molecule has 0 bridgehead atoms. The van der Waals surface area contributed by atoms with Gasteiger partial charge in [-0.15, -0.1) is 11.6 Å². The zero-order valence-corrected chi connectivity index (χ0v) is 11.6. The van der Waals surface area contributed by atoms with E-state index in [1.54, 1.807) is 0 Å². The summed E-state index contributed by atoms with van der Waals surface area (Å²) in [7, 11) is 0. The first-order valence-corrected chi connectivity index (χ1v) is 6.35. The highest BCUT2D eigenvalue weighted by Gasteiger charge is 2.12. The van der Waals surface area contributed by atoms with Gasteiger partial charge in [-0.3, -0.25) is 4.79 Å². The monoisotopic (exact) mass is 253 g/mol. The van der Waals surface area contributed by atoms with Gasteiger partial charge in [0.05, 0.1) is 5.38 Å². The van der Waals surface area contributed by atoms with Gasteiger partial charge in [0.2, 0.25) is 0 Å². The Bertz CT molecular complexity index is 401. The molecule has 0 saturated carbocycles. The van der Waals surface area contributed by atoms with Crippen molar-refractivity contribution in [3.8, 4) is 0 Å². The highest BCUT2D eigenvalue weighted by atomic mass is 35.5. The molecule has 1 aromatic rings. The Labute approximate surface area is 108 Å². The molecule has 1 amide bonds. The number of hydrogen-bond acceptors (Lipinski definition) is 1. The summed E-state index contributed by atoms with van der Waals surface area (Å²) in [6, 6.07) is 5.71. The summed E-state index contributed by atoms with van der Waals surface area (Å²) in [5.74, 6) is 0.302. The summed E-state index contributed by atoms with van der Waals surface area (Å²) in [4.78, 5) is 11.9. The van der Waals surface area contributed by atoms with Crippen LogP contribution in [-0.4, -0.2) is 17.8 Å². The number of carbonyl (C=O) groups excluding carboxylic acids is 1. The van der Waals surface area contributed by atoms with E-state index in [1.165, 1.54) is 5.56 Å². The first-order chi connectivity index (χ1) is 7.91. The predicted molar refractivity (Wildman–Crippen MR) is 72.7 cm³/mol. The van der Waals surface area contributed by atoms with Crippen molar-refractivity contribution in [2.45, 2.75) is 33.1 Å². The first-order valence-electron chi connectivity index (χ1n) is 5.91. The van der Waals surface area contributed by atoms with E-state index in [0.29, 0.717) is 18.0 Å². The van der Waals surface area contributed by atoms with Gasteiger partial charge < -0.3 is 5.32 Å². The fourth-order valence-electron chi connectivity index (χ4n) is 1.41. The van der Waals surface area contributed by atoms with E-state index in [0.717, 1.165) is 5.56 Å². The number of alkyl halides is 1. The van der Waals surface area contributed by atoms with E-state index in [4.69, 9.17) is 11.6 Å². The van der Waals surface area contributed by atoms with Crippen LogP contribution in [0.15, 0.2) is 18.2 Å². The fraction of sp³-hybridized carbons (Fsp3) is 0.500. The Morgan fingerprint density at radius 3 is 2.47 bits per heavy atom. The zero-order valence-electron chi connectivity index (χ0n) is 10.9. The number of halogens is 1. The topological polar surface area (TPSA) is 29.1 Å². The molecule has 0 aliphatic rings. The third-order valence-electron chi connectivity index (χ3n) is 2.95. The molecule has 1 aromatic carbocycles. The normalized spacial score (nSPS) is 12.6. The summed E-state index contributed by atoms with van der Waals surface area (Å²) in [6.07, 6.45) is 0. The van der Waals surface area contributed by atoms with Gasteiger partial charge in [-0.05, 0) is 43.0 Å². The van der Waals surface area contributed by atoms with Gasteiger partial charge in [0, 0.05) is 12.1 Å². The Morgan fingerprint density at radius 1 is 1.29 bits per heavy atom. The van der Waals surface area contributed by atoms with Crippen LogP contribution in [-0.2, 0) is 0 Å². The number of amides is 1. The van der Waals surface area contributed by atoms with Gasteiger partial charge in [0.15, 0.2) is 0 Å². The van der Waals surface area contributed by atoms with Gasteiger partial charge in [-0.2, -0.15) is 0 Å². The second kappa shape index (κ2) is 6.06. The molecule has 2 nitrogen and oxygen atoms in total. The third kappa shape index (κ3) is 4.04. The van der Waals surface area contributed by atoms with Gasteiger partial charge >= 0.3 is 0 Å². The molecule has 3 heteroatoms. The van der Waals surface area contributed by atoms with Crippen LogP contribution in [0.2, 0.25) is 0 Å². The quantitative estimate of drug-likeness (QED) is 0.820. The first kappa shape index (κ1) is 14.0. The molecular formula is C14H20ClNO. The van der Waals surface area contributed by atoms with Crippen LogP contribution >= 0.6 is 11.6 Å². The second-order valence-corrected chi connectivity index (χ2v) is 5.33. The summed E-state index contributed by atoms with van der Waals surface area (Å²) >= 11 is 6.09. The molecule has 0 saturated heterocycles. The van der Waals surface area contributed by atoms with E-state index < -0.39 is 0 Å². The molecule has 1 rings (SSSR count). The Kier molecular flexibility index (Phi) is 5.01. The highest BCUT2D eigenvalue weighted by Crippen LogP contribution is 2.11. The lowest BCUT2D eigenvalue weighted by atomic mass is 10.1. The minimum Gasteiger partial charge on any atom is -0.351 e. The SMILES string of the molecule is Cc1ccc(C(=O)NCC(Cl)C(C)C)cc1C. The Hall–Kier alpha value is -1.02. The Balaban J connectivity index is 2.61. The standard InChI is InChI=1S/C14H20ClNO/c1-9(2)13(15)8-16-14(17)12-6-5-10(3)11(4)7-12/h5-7,9,13H,8H2,1-4H3,(H,16,17). The zero-order chi connectivity index (χ0) is 13.0. The van der Waals surface area contributed by atoms with Crippen LogP contribution in [0.25, 0.3) is 0 Å². The minimum atomic E-state index is -0.0561. The summed E-state index contributed by atoms with van der Waals surface area (Å²) in [5.41, 5.74) is 3.02. The summed E-state index contributed by atoms with van der Waals surface area (Å²) in [5, 5.41) is 2.83. The van der Waals surface area contributed by atoms with E-state index in [2.05, 4.69) is 5.32 Å². The van der Waals surface area contributed by atoms with E-state index >= 15 is 0 Å². The number of nitrogens with one attached hydrogen (secondary N) is 1. The fourth-order valence-corrected chi connectivity index (χ4v) is 1.49. The smallest absolute Gasteiger partial charge is 0.251 e. The molecule has 0 aliphatic heterocycles. The number of carbonyl (C=O) groups is 1. The molecule has 0 fully saturated rings. The molecule has 1 atom stereocenters. The molecule has 17 heavy (non-hydrogen) atoms. The summed E-state index contributed by atoms with van der Waals surface area (Å²) < 4.78 is 0.